The lowest BCUT2D eigenvalue weighted by Crippen LogP contribution is -2.18. The quantitative estimate of drug-likeness (QED) is 0.704. The third-order valence-electron chi connectivity index (χ3n) is 1.64. The Bertz CT molecular complexity index is 444. The number of nitrogens with two attached hydrogens (primary N) is 1. The molecule has 0 aliphatic heterocycles. The minimum atomic E-state index is -0.975. The summed E-state index contributed by atoms with van der Waals surface area (Å²) >= 11 is 2.17. The van der Waals surface area contributed by atoms with Crippen molar-refractivity contribution < 1.29 is 19.5 Å². The van der Waals surface area contributed by atoms with Crippen molar-refractivity contribution in [1.29, 1.82) is 0 Å². The molecule has 0 fully saturated rings. The van der Waals surface area contributed by atoms with Gasteiger partial charge in [0.15, 0.2) is 0 Å². The standard InChI is InChI=1S/C9H10N2O4S2/c10-8(15)5-1-2-17-9(5)11-6(12)3-16-4-7(13)14/h1-2H,3-4H2,(H2,10,15)(H,11,12)(H,13,14). The van der Waals surface area contributed by atoms with E-state index in [9.17, 15) is 14.4 Å². The molecule has 1 aromatic heterocycles. The molecule has 0 spiro atoms. The summed E-state index contributed by atoms with van der Waals surface area (Å²) in [6, 6.07) is 1.52. The third kappa shape index (κ3) is 4.45. The van der Waals surface area contributed by atoms with Gasteiger partial charge < -0.3 is 16.2 Å². The Kier molecular flexibility index (Phi) is 4.98. The van der Waals surface area contributed by atoms with Gasteiger partial charge in [-0.05, 0) is 11.4 Å². The lowest BCUT2D eigenvalue weighted by molar-refractivity contribution is -0.133. The van der Waals surface area contributed by atoms with E-state index in [4.69, 9.17) is 10.8 Å². The first-order valence-electron chi connectivity index (χ1n) is 4.47. The van der Waals surface area contributed by atoms with Crippen LogP contribution in [-0.4, -0.2) is 34.4 Å². The van der Waals surface area contributed by atoms with Crippen LogP contribution in [0.1, 0.15) is 10.4 Å². The molecule has 0 aliphatic rings. The van der Waals surface area contributed by atoms with Crippen molar-refractivity contribution in [3.05, 3.63) is 17.0 Å². The molecule has 8 heteroatoms. The highest BCUT2D eigenvalue weighted by molar-refractivity contribution is 8.00. The van der Waals surface area contributed by atoms with Crippen molar-refractivity contribution in [2.24, 2.45) is 5.73 Å². The van der Waals surface area contributed by atoms with E-state index < -0.39 is 11.9 Å². The molecule has 1 aromatic rings. The van der Waals surface area contributed by atoms with Gasteiger partial charge in [0.1, 0.15) is 5.00 Å². The van der Waals surface area contributed by atoms with Crippen LogP contribution in [0.5, 0.6) is 0 Å². The third-order valence-corrected chi connectivity index (χ3v) is 3.39. The average molecular weight is 274 g/mol. The van der Waals surface area contributed by atoms with Gasteiger partial charge in [0.2, 0.25) is 5.91 Å². The van der Waals surface area contributed by atoms with Crippen molar-refractivity contribution in [2.45, 2.75) is 0 Å². The first-order chi connectivity index (χ1) is 8.00. The molecule has 17 heavy (non-hydrogen) atoms. The number of thioether (sulfide) groups is 1. The summed E-state index contributed by atoms with van der Waals surface area (Å²) in [5, 5.41) is 12.9. The van der Waals surface area contributed by atoms with Gasteiger partial charge in [-0.25, -0.2) is 0 Å². The number of carbonyl (C=O) groups is 3. The van der Waals surface area contributed by atoms with E-state index in [2.05, 4.69) is 5.32 Å². The van der Waals surface area contributed by atoms with Crippen LogP contribution in [0.3, 0.4) is 0 Å². The van der Waals surface area contributed by atoms with Gasteiger partial charge in [-0.15, -0.1) is 23.1 Å². The fraction of sp³-hybridized carbons (Fsp3) is 0.222. The molecular weight excluding hydrogens is 264 g/mol. The molecule has 0 saturated heterocycles. The zero-order valence-electron chi connectivity index (χ0n) is 8.63. The molecule has 0 bridgehead atoms. The molecule has 92 valence electrons. The molecule has 1 rings (SSSR count). The Morgan fingerprint density at radius 1 is 1.41 bits per heavy atom. The van der Waals surface area contributed by atoms with E-state index >= 15 is 0 Å². The van der Waals surface area contributed by atoms with Crippen LogP contribution in [-0.2, 0) is 9.59 Å². The SMILES string of the molecule is NC(=O)c1ccsc1NC(=O)CSCC(=O)O. The summed E-state index contributed by atoms with van der Waals surface area (Å²) in [5.74, 6) is -2.07. The van der Waals surface area contributed by atoms with Gasteiger partial charge in [-0.2, -0.15) is 0 Å². The molecule has 0 saturated carbocycles. The number of hydrogen-bond acceptors (Lipinski definition) is 5. The van der Waals surface area contributed by atoms with Gasteiger partial charge >= 0.3 is 5.97 Å². The predicted octanol–water partition coefficient (Wildman–Crippen LogP) is 0.603. The molecular formula is C9H10N2O4S2. The number of nitrogens with one attached hydrogen (secondary N) is 1. The number of aliphatic carboxylic acids is 1. The topological polar surface area (TPSA) is 109 Å². The molecule has 0 aliphatic carbocycles. The van der Waals surface area contributed by atoms with Crippen molar-refractivity contribution >= 4 is 45.9 Å². The van der Waals surface area contributed by atoms with Gasteiger partial charge in [0.05, 0.1) is 17.1 Å². The Labute approximate surface area is 105 Å². The molecule has 6 nitrogen and oxygen atoms in total. The number of thiophene rings is 1. The first-order valence-corrected chi connectivity index (χ1v) is 6.51. The molecule has 1 heterocycles. The van der Waals surface area contributed by atoms with Gasteiger partial charge in [-0.1, -0.05) is 0 Å². The maximum atomic E-state index is 11.4. The Balaban J connectivity index is 2.48. The fourth-order valence-corrected chi connectivity index (χ4v) is 2.34. The smallest absolute Gasteiger partial charge is 0.313 e. The van der Waals surface area contributed by atoms with Crippen LogP contribution in [0.2, 0.25) is 0 Å². The highest BCUT2D eigenvalue weighted by atomic mass is 32.2. The van der Waals surface area contributed by atoms with E-state index in [0.29, 0.717) is 5.00 Å². The molecule has 4 N–H and O–H groups in total. The van der Waals surface area contributed by atoms with Crippen molar-refractivity contribution in [3.63, 3.8) is 0 Å². The van der Waals surface area contributed by atoms with Crippen LogP contribution in [0, 0.1) is 0 Å². The Morgan fingerprint density at radius 2 is 2.12 bits per heavy atom. The number of carboxylic acids is 1. The average Bonchev–Trinajstić information content (AvgIpc) is 2.65. The number of carboxylic acid groups (broad SMARTS) is 1. The zero-order valence-corrected chi connectivity index (χ0v) is 10.3. The first kappa shape index (κ1) is 13.5. The van der Waals surface area contributed by atoms with Gasteiger partial charge in [-0.3, -0.25) is 14.4 Å². The van der Waals surface area contributed by atoms with Crippen molar-refractivity contribution in [1.82, 2.24) is 0 Å². The Morgan fingerprint density at radius 3 is 2.71 bits per heavy atom. The number of rotatable bonds is 6. The lowest BCUT2D eigenvalue weighted by Gasteiger charge is -2.03. The monoisotopic (exact) mass is 274 g/mol. The van der Waals surface area contributed by atoms with E-state index in [1.807, 2.05) is 0 Å². The second-order valence-corrected chi connectivity index (χ2v) is 4.86. The predicted molar refractivity (Wildman–Crippen MR) is 66.4 cm³/mol. The van der Waals surface area contributed by atoms with E-state index in [1.54, 1.807) is 5.38 Å². The molecule has 0 radical (unpaired) electrons. The summed E-state index contributed by atoms with van der Waals surface area (Å²) in [4.78, 5) is 32.6. The van der Waals surface area contributed by atoms with Crippen molar-refractivity contribution in [3.8, 4) is 0 Å². The molecule has 0 aromatic carbocycles. The maximum absolute atomic E-state index is 11.4. The lowest BCUT2D eigenvalue weighted by atomic mass is 10.3. The zero-order chi connectivity index (χ0) is 12.8. The van der Waals surface area contributed by atoms with E-state index in [-0.39, 0.29) is 23.0 Å². The van der Waals surface area contributed by atoms with Crippen LogP contribution >= 0.6 is 23.1 Å². The highest BCUT2D eigenvalue weighted by Gasteiger charge is 2.12. The number of amides is 2. The Hall–Kier alpha value is -1.54. The fourth-order valence-electron chi connectivity index (χ4n) is 0.994. The highest BCUT2D eigenvalue weighted by Crippen LogP contribution is 2.22. The minimum absolute atomic E-state index is 0.0163. The second kappa shape index (κ2) is 6.26. The summed E-state index contributed by atoms with van der Waals surface area (Å²) in [6.45, 7) is 0. The van der Waals surface area contributed by atoms with Crippen LogP contribution in [0.4, 0.5) is 5.00 Å². The van der Waals surface area contributed by atoms with Gasteiger partial charge in [0.25, 0.3) is 5.91 Å². The number of hydrogen-bond donors (Lipinski definition) is 3. The molecule has 0 atom stereocenters. The second-order valence-electron chi connectivity index (χ2n) is 2.96. The number of primary amides is 1. The van der Waals surface area contributed by atoms with E-state index in [0.717, 1.165) is 11.8 Å². The largest absolute Gasteiger partial charge is 0.481 e. The van der Waals surface area contributed by atoms with Crippen LogP contribution in [0.25, 0.3) is 0 Å². The maximum Gasteiger partial charge on any atom is 0.313 e. The van der Waals surface area contributed by atoms with Crippen LogP contribution in [0.15, 0.2) is 11.4 Å². The van der Waals surface area contributed by atoms with E-state index in [1.165, 1.54) is 17.4 Å². The van der Waals surface area contributed by atoms with Crippen molar-refractivity contribution in [2.75, 3.05) is 16.8 Å². The van der Waals surface area contributed by atoms with Gasteiger partial charge in [0, 0.05) is 0 Å². The summed E-state index contributed by atoms with van der Waals surface area (Å²) in [7, 11) is 0. The summed E-state index contributed by atoms with van der Waals surface area (Å²) in [6.07, 6.45) is 0. The number of anilines is 1. The molecule has 0 unspecified atom stereocenters. The minimum Gasteiger partial charge on any atom is -0.481 e. The number of carbonyl (C=O) groups excluding carboxylic acids is 2. The van der Waals surface area contributed by atoms with Crippen LogP contribution < -0.4 is 11.1 Å². The summed E-state index contributed by atoms with van der Waals surface area (Å²) < 4.78 is 0. The molecule has 2 amide bonds. The normalized spacial score (nSPS) is 9.88. The summed E-state index contributed by atoms with van der Waals surface area (Å²) in [5.41, 5.74) is 5.36.